The Morgan fingerprint density at radius 3 is 1.71 bits per heavy atom. The molecule has 4 heteroatoms. The van der Waals surface area contributed by atoms with E-state index in [1.807, 2.05) is 91.9 Å². The number of aryl methyl sites for hydroxylation is 1. The first-order valence-electron chi connectivity index (χ1n) is 9.32. The summed E-state index contributed by atoms with van der Waals surface area (Å²) in [6, 6.07) is 27.3. The van der Waals surface area contributed by atoms with Crippen molar-refractivity contribution in [3.05, 3.63) is 107 Å². The van der Waals surface area contributed by atoms with Crippen LogP contribution in [0.3, 0.4) is 0 Å². The predicted molar refractivity (Wildman–Crippen MR) is 110 cm³/mol. The van der Waals surface area contributed by atoms with Crippen LogP contribution in [0.25, 0.3) is 0 Å². The molecular formula is C24H24N2O2. The average Bonchev–Trinajstić information content (AvgIpc) is 2.73. The highest BCUT2D eigenvalue weighted by atomic mass is 16.2. The van der Waals surface area contributed by atoms with Gasteiger partial charge in [0.25, 0.3) is 0 Å². The summed E-state index contributed by atoms with van der Waals surface area (Å²) in [6.45, 7) is 3.10. The maximum Gasteiger partial charge on any atom is 0.312 e. The summed E-state index contributed by atoms with van der Waals surface area (Å²) in [4.78, 5) is 26.9. The number of rotatable bonds is 6. The van der Waals surface area contributed by atoms with Gasteiger partial charge >= 0.3 is 11.8 Å². The van der Waals surface area contributed by atoms with Gasteiger partial charge in [0.15, 0.2) is 0 Å². The molecule has 0 aliphatic rings. The summed E-state index contributed by atoms with van der Waals surface area (Å²) in [5.41, 5.74) is 4.09. The van der Waals surface area contributed by atoms with Gasteiger partial charge in [0, 0.05) is 19.6 Å². The van der Waals surface area contributed by atoms with E-state index in [-0.39, 0.29) is 0 Å². The van der Waals surface area contributed by atoms with Crippen LogP contribution in [-0.4, -0.2) is 16.7 Å². The first-order valence-corrected chi connectivity index (χ1v) is 9.32. The van der Waals surface area contributed by atoms with Gasteiger partial charge in [-0.1, -0.05) is 90.5 Å². The molecule has 0 radical (unpaired) electrons. The van der Waals surface area contributed by atoms with E-state index in [0.29, 0.717) is 19.6 Å². The quantitative estimate of drug-likeness (QED) is 0.669. The molecule has 0 saturated heterocycles. The fourth-order valence-electron chi connectivity index (χ4n) is 2.91. The third kappa shape index (κ3) is 5.55. The SMILES string of the molecule is Cc1ccc(CNC(=O)C(=O)N(Cc2ccccc2)Cc2ccccc2)cc1. The Balaban J connectivity index is 1.69. The zero-order valence-corrected chi connectivity index (χ0v) is 16.0. The number of carbonyl (C=O) groups is 2. The van der Waals surface area contributed by atoms with Crippen LogP contribution in [0, 0.1) is 6.92 Å². The van der Waals surface area contributed by atoms with Gasteiger partial charge in [-0.3, -0.25) is 9.59 Å². The highest BCUT2D eigenvalue weighted by Crippen LogP contribution is 2.11. The minimum Gasteiger partial charge on any atom is -0.344 e. The van der Waals surface area contributed by atoms with Crippen LogP contribution in [0.15, 0.2) is 84.9 Å². The van der Waals surface area contributed by atoms with Gasteiger partial charge < -0.3 is 10.2 Å². The van der Waals surface area contributed by atoms with E-state index in [0.717, 1.165) is 22.3 Å². The summed E-state index contributed by atoms with van der Waals surface area (Å²) in [7, 11) is 0. The standard InChI is InChI=1S/C24H24N2O2/c1-19-12-14-20(15-13-19)16-25-23(27)24(28)26(17-21-8-4-2-5-9-21)18-22-10-6-3-7-11-22/h2-15H,16-18H2,1H3,(H,25,27). The van der Waals surface area contributed by atoms with E-state index < -0.39 is 11.8 Å². The minimum atomic E-state index is -0.590. The topological polar surface area (TPSA) is 49.4 Å². The van der Waals surface area contributed by atoms with Crippen molar-refractivity contribution in [3.8, 4) is 0 Å². The van der Waals surface area contributed by atoms with Gasteiger partial charge in [-0.2, -0.15) is 0 Å². The maximum atomic E-state index is 12.8. The van der Waals surface area contributed by atoms with Crippen LogP contribution in [0.2, 0.25) is 0 Å². The predicted octanol–water partition coefficient (Wildman–Crippen LogP) is 3.84. The molecule has 3 rings (SSSR count). The van der Waals surface area contributed by atoms with Crippen LogP contribution in [0.4, 0.5) is 0 Å². The molecule has 0 saturated carbocycles. The fraction of sp³-hybridized carbons (Fsp3) is 0.167. The van der Waals surface area contributed by atoms with Crippen molar-refractivity contribution in [1.29, 1.82) is 0 Å². The number of hydrogen-bond donors (Lipinski definition) is 1. The number of amides is 2. The van der Waals surface area contributed by atoms with Crippen molar-refractivity contribution in [1.82, 2.24) is 10.2 Å². The fourth-order valence-corrected chi connectivity index (χ4v) is 2.91. The van der Waals surface area contributed by atoms with Crippen LogP contribution in [-0.2, 0) is 29.2 Å². The summed E-state index contributed by atoms with van der Waals surface area (Å²) in [6.07, 6.45) is 0. The molecule has 142 valence electrons. The van der Waals surface area contributed by atoms with Crippen molar-refractivity contribution in [2.75, 3.05) is 0 Å². The van der Waals surface area contributed by atoms with Crippen molar-refractivity contribution in [2.24, 2.45) is 0 Å². The Hall–Kier alpha value is -3.40. The summed E-state index contributed by atoms with van der Waals surface area (Å²) >= 11 is 0. The molecular weight excluding hydrogens is 348 g/mol. The zero-order valence-electron chi connectivity index (χ0n) is 16.0. The largest absolute Gasteiger partial charge is 0.344 e. The molecule has 0 aliphatic carbocycles. The van der Waals surface area contributed by atoms with Crippen LogP contribution in [0.1, 0.15) is 22.3 Å². The number of nitrogens with one attached hydrogen (secondary N) is 1. The third-order valence-corrected chi connectivity index (χ3v) is 4.49. The molecule has 0 spiro atoms. The van der Waals surface area contributed by atoms with Gasteiger partial charge in [0.05, 0.1) is 0 Å². The number of nitrogens with zero attached hydrogens (tertiary/aromatic N) is 1. The van der Waals surface area contributed by atoms with Crippen molar-refractivity contribution < 1.29 is 9.59 Å². The Bertz CT molecular complexity index is 865. The third-order valence-electron chi connectivity index (χ3n) is 4.49. The van der Waals surface area contributed by atoms with E-state index in [1.54, 1.807) is 4.90 Å². The normalized spacial score (nSPS) is 10.3. The van der Waals surface area contributed by atoms with E-state index >= 15 is 0 Å². The van der Waals surface area contributed by atoms with Crippen molar-refractivity contribution >= 4 is 11.8 Å². The highest BCUT2D eigenvalue weighted by Gasteiger charge is 2.22. The molecule has 0 aromatic heterocycles. The minimum absolute atomic E-state index is 0.329. The van der Waals surface area contributed by atoms with Crippen LogP contribution in [0.5, 0.6) is 0 Å². The lowest BCUT2D eigenvalue weighted by atomic mass is 10.1. The molecule has 1 N–H and O–H groups in total. The van der Waals surface area contributed by atoms with E-state index in [4.69, 9.17) is 0 Å². The lowest BCUT2D eigenvalue weighted by Crippen LogP contribution is -2.42. The van der Waals surface area contributed by atoms with Gasteiger partial charge in [0.2, 0.25) is 0 Å². The first-order chi connectivity index (χ1) is 13.6. The smallest absolute Gasteiger partial charge is 0.312 e. The second-order valence-corrected chi connectivity index (χ2v) is 6.80. The molecule has 0 fully saturated rings. The second-order valence-electron chi connectivity index (χ2n) is 6.80. The summed E-state index contributed by atoms with van der Waals surface area (Å²) in [5.74, 6) is -1.12. The van der Waals surface area contributed by atoms with Gasteiger partial charge in [-0.05, 0) is 23.6 Å². The monoisotopic (exact) mass is 372 g/mol. The molecule has 4 nitrogen and oxygen atoms in total. The molecule has 3 aromatic carbocycles. The Morgan fingerprint density at radius 2 is 1.21 bits per heavy atom. The Morgan fingerprint density at radius 1 is 0.714 bits per heavy atom. The van der Waals surface area contributed by atoms with E-state index in [9.17, 15) is 9.59 Å². The average molecular weight is 372 g/mol. The lowest BCUT2D eigenvalue weighted by Gasteiger charge is -2.22. The molecule has 0 atom stereocenters. The van der Waals surface area contributed by atoms with Crippen molar-refractivity contribution in [3.63, 3.8) is 0 Å². The van der Waals surface area contributed by atoms with Gasteiger partial charge in [0.1, 0.15) is 0 Å². The maximum absolute atomic E-state index is 12.8. The van der Waals surface area contributed by atoms with Gasteiger partial charge in [-0.25, -0.2) is 0 Å². The van der Waals surface area contributed by atoms with Crippen molar-refractivity contribution in [2.45, 2.75) is 26.6 Å². The Labute approximate surface area is 165 Å². The first kappa shape index (κ1) is 19.4. The number of carbonyl (C=O) groups excluding carboxylic acids is 2. The summed E-state index contributed by atoms with van der Waals surface area (Å²) in [5, 5.41) is 2.74. The molecule has 0 aliphatic heterocycles. The van der Waals surface area contributed by atoms with E-state index in [2.05, 4.69) is 5.32 Å². The van der Waals surface area contributed by atoms with Crippen LogP contribution < -0.4 is 5.32 Å². The number of benzene rings is 3. The highest BCUT2D eigenvalue weighted by molar-refractivity contribution is 6.34. The number of hydrogen-bond acceptors (Lipinski definition) is 2. The van der Waals surface area contributed by atoms with E-state index in [1.165, 1.54) is 0 Å². The zero-order chi connectivity index (χ0) is 19.8. The molecule has 28 heavy (non-hydrogen) atoms. The Kier molecular flexibility index (Phi) is 6.58. The second kappa shape index (κ2) is 9.51. The molecule has 0 heterocycles. The molecule has 0 bridgehead atoms. The molecule has 3 aromatic rings. The molecule has 2 amide bonds. The summed E-state index contributed by atoms with van der Waals surface area (Å²) < 4.78 is 0. The van der Waals surface area contributed by atoms with Gasteiger partial charge in [-0.15, -0.1) is 0 Å². The molecule has 0 unspecified atom stereocenters. The lowest BCUT2D eigenvalue weighted by molar-refractivity contribution is -0.146. The van der Waals surface area contributed by atoms with Crippen LogP contribution >= 0.6 is 0 Å².